The molecule has 2 aromatic carbocycles. The first-order chi connectivity index (χ1) is 11.8. The number of nitrogens with one attached hydrogen (secondary N) is 2. The summed E-state index contributed by atoms with van der Waals surface area (Å²) in [6, 6.07) is 19.4. The first kappa shape index (κ1) is 16.3. The molecule has 0 radical (unpaired) electrons. The number of para-hydroxylation sites is 1. The Morgan fingerprint density at radius 1 is 0.917 bits per heavy atom. The fraction of sp³-hybridized carbons (Fsp3) is 0.250. The van der Waals surface area contributed by atoms with Gasteiger partial charge in [-0.25, -0.2) is 0 Å². The van der Waals surface area contributed by atoms with Crippen molar-refractivity contribution in [3.8, 4) is 0 Å². The summed E-state index contributed by atoms with van der Waals surface area (Å²) in [7, 11) is 0. The minimum absolute atomic E-state index is 0.00849. The number of benzene rings is 2. The zero-order valence-electron chi connectivity index (χ0n) is 13.6. The second-order valence-electron chi connectivity index (χ2n) is 5.76. The summed E-state index contributed by atoms with van der Waals surface area (Å²) in [5.41, 5.74) is 1.64. The zero-order chi connectivity index (χ0) is 16.6. The molecule has 0 aliphatic heterocycles. The molecular formula is C20H22N2O2. The van der Waals surface area contributed by atoms with E-state index in [-0.39, 0.29) is 5.91 Å². The van der Waals surface area contributed by atoms with E-state index in [4.69, 9.17) is 4.42 Å². The summed E-state index contributed by atoms with van der Waals surface area (Å²) in [5, 5.41) is 7.45. The van der Waals surface area contributed by atoms with Gasteiger partial charge in [-0.05, 0) is 43.7 Å². The van der Waals surface area contributed by atoms with Crippen molar-refractivity contribution in [1.82, 2.24) is 10.6 Å². The summed E-state index contributed by atoms with van der Waals surface area (Å²) < 4.78 is 5.76. The summed E-state index contributed by atoms with van der Waals surface area (Å²) in [6.07, 6.45) is 1.96. The molecule has 4 heteroatoms. The van der Waals surface area contributed by atoms with Gasteiger partial charge in [-0.15, -0.1) is 0 Å². The SMILES string of the molecule is O=C(NCCCCNCc1cc2ccccc2o1)c1ccccc1. The Labute approximate surface area is 141 Å². The topological polar surface area (TPSA) is 54.3 Å². The molecule has 0 fully saturated rings. The Bertz CT molecular complexity index is 747. The van der Waals surface area contributed by atoms with Crippen LogP contribution >= 0.6 is 0 Å². The minimum atomic E-state index is -0.00849. The van der Waals surface area contributed by atoms with Crippen molar-refractivity contribution >= 4 is 16.9 Å². The molecule has 1 heterocycles. The second kappa shape index (κ2) is 8.31. The van der Waals surface area contributed by atoms with E-state index in [1.165, 1.54) is 0 Å². The normalized spacial score (nSPS) is 10.8. The van der Waals surface area contributed by atoms with E-state index in [9.17, 15) is 4.79 Å². The van der Waals surface area contributed by atoms with Crippen LogP contribution in [0.15, 0.2) is 65.1 Å². The lowest BCUT2D eigenvalue weighted by molar-refractivity contribution is 0.0953. The summed E-state index contributed by atoms with van der Waals surface area (Å²) in [6.45, 7) is 2.32. The minimum Gasteiger partial charge on any atom is -0.460 e. The van der Waals surface area contributed by atoms with E-state index in [0.717, 1.165) is 42.7 Å². The van der Waals surface area contributed by atoms with Crippen LogP contribution in [0.5, 0.6) is 0 Å². The highest BCUT2D eigenvalue weighted by atomic mass is 16.3. The molecule has 3 aromatic rings. The van der Waals surface area contributed by atoms with Crippen LogP contribution in [-0.4, -0.2) is 19.0 Å². The Hall–Kier alpha value is -2.59. The Morgan fingerprint density at radius 3 is 2.50 bits per heavy atom. The summed E-state index contributed by atoms with van der Waals surface area (Å²) in [4.78, 5) is 11.9. The van der Waals surface area contributed by atoms with Gasteiger partial charge in [-0.2, -0.15) is 0 Å². The third kappa shape index (κ3) is 4.46. The predicted molar refractivity (Wildman–Crippen MR) is 95.9 cm³/mol. The number of furan rings is 1. The fourth-order valence-electron chi connectivity index (χ4n) is 2.60. The molecule has 0 bridgehead atoms. The van der Waals surface area contributed by atoms with Gasteiger partial charge in [0.2, 0.25) is 0 Å². The standard InChI is InChI=1S/C20H22N2O2/c23-20(16-8-2-1-3-9-16)22-13-7-6-12-21-15-18-14-17-10-4-5-11-19(17)24-18/h1-5,8-11,14,21H,6-7,12-13,15H2,(H,22,23). The molecule has 0 spiro atoms. The van der Waals surface area contributed by atoms with E-state index >= 15 is 0 Å². The van der Waals surface area contributed by atoms with Crippen molar-refractivity contribution in [2.45, 2.75) is 19.4 Å². The number of carbonyl (C=O) groups is 1. The van der Waals surface area contributed by atoms with Gasteiger partial charge in [-0.3, -0.25) is 4.79 Å². The van der Waals surface area contributed by atoms with Gasteiger partial charge in [-0.1, -0.05) is 36.4 Å². The zero-order valence-corrected chi connectivity index (χ0v) is 13.6. The van der Waals surface area contributed by atoms with Crippen molar-refractivity contribution in [1.29, 1.82) is 0 Å². The highest BCUT2D eigenvalue weighted by Crippen LogP contribution is 2.18. The average Bonchev–Trinajstić information content (AvgIpc) is 3.04. The lowest BCUT2D eigenvalue weighted by Gasteiger charge is -2.05. The van der Waals surface area contributed by atoms with Gasteiger partial charge in [0.1, 0.15) is 11.3 Å². The fourth-order valence-corrected chi connectivity index (χ4v) is 2.60. The quantitative estimate of drug-likeness (QED) is 0.621. The molecule has 4 nitrogen and oxygen atoms in total. The van der Waals surface area contributed by atoms with E-state index in [0.29, 0.717) is 12.1 Å². The molecular weight excluding hydrogens is 300 g/mol. The molecule has 24 heavy (non-hydrogen) atoms. The van der Waals surface area contributed by atoms with Gasteiger partial charge < -0.3 is 15.1 Å². The molecule has 2 N–H and O–H groups in total. The van der Waals surface area contributed by atoms with Crippen molar-refractivity contribution in [2.75, 3.05) is 13.1 Å². The third-order valence-corrected chi connectivity index (χ3v) is 3.88. The molecule has 3 rings (SSSR count). The lowest BCUT2D eigenvalue weighted by atomic mass is 10.2. The number of amides is 1. The van der Waals surface area contributed by atoms with E-state index in [1.807, 2.05) is 48.5 Å². The predicted octanol–water partition coefficient (Wildman–Crippen LogP) is 3.73. The van der Waals surface area contributed by atoms with E-state index in [1.54, 1.807) is 0 Å². The molecule has 0 aliphatic carbocycles. The maximum Gasteiger partial charge on any atom is 0.251 e. The van der Waals surface area contributed by atoms with Crippen LogP contribution in [0.4, 0.5) is 0 Å². The molecule has 1 amide bonds. The van der Waals surface area contributed by atoms with Crippen molar-refractivity contribution in [3.05, 3.63) is 72.0 Å². The smallest absolute Gasteiger partial charge is 0.251 e. The number of unbranched alkanes of at least 4 members (excludes halogenated alkanes) is 1. The summed E-state index contributed by atoms with van der Waals surface area (Å²) in [5.74, 6) is 0.944. The molecule has 1 aromatic heterocycles. The molecule has 0 unspecified atom stereocenters. The van der Waals surface area contributed by atoms with Crippen molar-refractivity contribution in [2.24, 2.45) is 0 Å². The molecule has 0 aliphatic rings. The molecule has 0 saturated heterocycles. The van der Waals surface area contributed by atoms with Crippen LogP contribution in [0.25, 0.3) is 11.0 Å². The molecule has 0 saturated carbocycles. The lowest BCUT2D eigenvalue weighted by Crippen LogP contribution is -2.25. The Balaban J connectivity index is 1.29. The van der Waals surface area contributed by atoms with E-state index < -0.39 is 0 Å². The largest absolute Gasteiger partial charge is 0.460 e. The van der Waals surface area contributed by atoms with Crippen LogP contribution < -0.4 is 10.6 Å². The first-order valence-electron chi connectivity index (χ1n) is 8.34. The highest BCUT2D eigenvalue weighted by molar-refractivity contribution is 5.94. The summed E-state index contributed by atoms with van der Waals surface area (Å²) >= 11 is 0. The van der Waals surface area contributed by atoms with Gasteiger partial charge in [0.05, 0.1) is 6.54 Å². The highest BCUT2D eigenvalue weighted by Gasteiger charge is 2.03. The third-order valence-electron chi connectivity index (χ3n) is 3.88. The van der Waals surface area contributed by atoms with Gasteiger partial charge in [0, 0.05) is 17.5 Å². The Morgan fingerprint density at radius 2 is 1.67 bits per heavy atom. The maximum absolute atomic E-state index is 11.9. The molecule has 124 valence electrons. The van der Waals surface area contributed by atoms with Crippen LogP contribution in [0.1, 0.15) is 29.0 Å². The average molecular weight is 322 g/mol. The number of carbonyl (C=O) groups excluding carboxylic acids is 1. The van der Waals surface area contributed by atoms with E-state index in [2.05, 4.69) is 22.8 Å². The number of hydrogen-bond donors (Lipinski definition) is 2. The van der Waals surface area contributed by atoms with Crippen LogP contribution in [0.2, 0.25) is 0 Å². The molecule has 0 atom stereocenters. The Kier molecular flexibility index (Phi) is 5.64. The number of fused-ring (bicyclic) bond motifs is 1. The van der Waals surface area contributed by atoms with Crippen molar-refractivity contribution in [3.63, 3.8) is 0 Å². The number of hydrogen-bond acceptors (Lipinski definition) is 3. The van der Waals surface area contributed by atoms with Gasteiger partial charge >= 0.3 is 0 Å². The van der Waals surface area contributed by atoms with Gasteiger partial charge in [0.25, 0.3) is 5.91 Å². The van der Waals surface area contributed by atoms with Crippen LogP contribution in [0.3, 0.4) is 0 Å². The monoisotopic (exact) mass is 322 g/mol. The number of rotatable bonds is 8. The van der Waals surface area contributed by atoms with Crippen LogP contribution in [-0.2, 0) is 6.54 Å². The van der Waals surface area contributed by atoms with Gasteiger partial charge in [0.15, 0.2) is 0 Å². The maximum atomic E-state index is 11.9. The first-order valence-corrected chi connectivity index (χ1v) is 8.34. The van der Waals surface area contributed by atoms with Crippen molar-refractivity contribution < 1.29 is 9.21 Å². The van der Waals surface area contributed by atoms with Crippen LogP contribution in [0, 0.1) is 0 Å². The second-order valence-corrected chi connectivity index (χ2v) is 5.76.